The maximum Gasteiger partial charge on any atom is 0.269 e. The Balaban J connectivity index is 2.15. The first-order valence-corrected chi connectivity index (χ1v) is 6.69. The zero-order chi connectivity index (χ0) is 17.9. The molecular formula is C14H10N4O6. The zero-order valence-corrected chi connectivity index (χ0v) is 12.1. The molecule has 0 unspecified atom stereocenters. The highest BCUT2D eigenvalue weighted by molar-refractivity contribution is 6.13. The number of Topliss-reactive ketones (excluding diaryl/α,β-unsaturated/α-hetero) is 1. The highest BCUT2D eigenvalue weighted by Crippen LogP contribution is 2.16. The monoisotopic (exact) mass is 330 g/mol. The molecule has 1 fully saturated rings. The van der Waals surface area contributed by atoms with Crippen LogP contribution in [0.15, 0.2) is 24.3 Å². The first kappa shape index (κ1) is 16.8. The minimum Gasteiger partial charge on any atom is -0.292 e. The molecule has 0 aliphatic carbocycles. The van der Waals surface area contributed by atoms with Gasteiger partial charge in [-0.15, -0.1) is 0 Å². The molecule has 10 nitrogen and oxygen atoms in total. The zero-order valence-electron chi connectivity index (χ0n) is 12.1. The molecule has 1 N–H and O–H groups in total. The number of nitro groups is 1. The van der Waals surface area contributed by atoms with Gasteiger partial charge in [-0.05, 0) is 12.1 Å². The number of hydrogen-bond donors (Lipinski definition) is 1. The molecule has 0 radical (unpaired) electrons. The van der Waals surface area contributed by atoms with Crippen molar-refractivity contribution >= 4 is 29.2 Å². The number of nitriles is 1. The Bertz CT molecular complexity index is 763. The third-order valence-corrected chi connectivity index (χ3v) is 3.29. The molecule has 2 rings (SSSR count). The molecule has 1 heterocycles. The van der Waals surface area contributed by atoms with Crippen LogP contribution < -0.4 is 5.43 Å². The van der Waals surface area contributed by atoms with Crippen LogP contribution in [0.3, 0.4) is 0 Å². The summed E-state index contributed by atoms with van der Waals surface area (Å²) in [5.41, 5.74) is 1.62. The van der Waals surface area contributed by atoms with Crippen molar-refractivity contribution in [3.8, 4) is 6.07 Å². The molecule has 0 aromatic heterocycles. The van der Waals surface area contributed by atoms with Crippen LogP contribution >= 0.6 is 0 Å². The molecule has 1 aliphatic rings. The predicted octanol–water partition coefficient (Wildman–Crippen LogP) is 0.0975. The smallest absolute Gasteiger partial charge is 0.269 e. The average molecular weight is 330 g/mol. The van der Waals surface area contributed by atoms with Crippen LogP contribution in [0.2, 0.25) is 0 Å². The number of rotatable bonds is 5. The summed E-state index contributed by atoms with van der Waals surface area (Å²) in [6, 6.07) is 5.85. The number of hydrazine groups is 1. The van der Waals surface area contributed by atoms with Crippen molar-refractivity contribution in [3.63, 3.8) is 0 Å². The lowest BCUT2D eigenvalue weighted by Gasteiger charge is -2.16. The second-order valence-corrected chi connectivity index (χ2v) is 4.83. The maximum atomic E-state index is 12.2. The van der Waals surface area contributed by atoms with E-state index in [1.165, 1.54) is 6.07 Å². The number of carbonyl (C=O) groups excluding carboxylic acids is 4. The number of nitrogens with zero attached hydrogens (tertiary/aromatic N) is 3. The molecule has 0 spiro atoms. The first-order chi connectivity index (χ1) is 11.3. The Morgan fingerprint density at radius 3 is 2.21 bits per heavy atom. The quantitative estimate of drug-likeness (QED) is 0.264. The van der Waals surface area contributed by atoms with Gasteiger partial charge in [0.25, 0.3) is 11.6 Å². The summed E-state index contributed by atoms with van der Waals surface area (Å²) in [7, 11) is 0. The molecule has 24 heavy (non-hydrogen) atoms. The van der Waals surface area contributed by atoms with Gasteiger partial charge in [0.05, 0.1) is 11.0 Å². The molecule has 122 valence electrons. The third-order valence-electron chi connectivity index (χ3n) is 3.29. The van der Waals surface area contributed by atoms with Gasteiger partial charge in [0.2, 0.25) is 11.8 Å². The summed E-state index contributed by atoms with van der Waals surface area (Å²) in [6.07, 6.45) is -0.126. The largest absolute Gasteiger partial charge is 0.292 e. The molecular weight excluding hydrogens is 320 g/mol. The van der Waals surface area contributed by atoms with Gasteiger partial charge in [-0.2, -0.15) is 10.3 Å². The van der Waals surface area contributed by atoms with Gasteiger partial charge in [0, 0.05) is 30.5 Å². The van der Waals surface area contributed by atoms with E-state index >= 15 is 0 Å². The van der Waals surface area contributed by atoms with Crippen LogP contribution in [-0.4, -0.2) is 33.4 Å². The van der Waals surface area contributed by atoms with Crippen LogP contribution in [-0.2, 0) is 14.4 Å². The van der Waals surface area contributed by atoms with E-state index < -0.39 is 34.3 Å². The number of ketones is 1. The van der Waals surface area contributed by atoms with Crippen molar-refractivity contribution in [1.82, 2.24) is 10.4 Å². The van der Waals surface area contributed by atoms with E-state index in [1.807, 2.05) is 5.43 Å². The molecule has 3 amide bonds. The number of imide groups is 1. The SMILES string of the molecule is N#C[C@H](C(=O)NN1C(=O)CCC1=O)C(=O)c1ccc([N+](=O)[O-])cc1. The van der Waals surface area contributed by atoms with E-state index in [9.17, 15) is 29.3 Å². The number of carbonyl (C=O) groups is 4. The van der Waals surface area contributed by atoms with Crippen LogP contribution in [0.25, 0.3) is 0 Å². The molecule has 1 aromatic carbocycles. The van der Waals surface area contributed by atoms with Gasteiger partial charge in [-0.25, -0.2) is 0 Å². The lowest BCUT2D eigenvalue weighted by atomic mass is 9.98. The molecule has 1 atom stereocenters. The second-order valence-electron chi connectivity index (χ2n) is 4.83. The Morgan fingerprint density at radius 1 is 1.21 bits per heavy atom. The number of non-ortho nitro benzene ring substituents is 1. The van der Waals surface area contributed by atoms with E-state index in [2.05, 4.69) is 0 Å². The predicted molar refractivity (Wildman–Crippen MR) is 75.8 cm³/mol. The lowest BCUT2D eigenvalue weighted by molar-refractivity contribution is -0.384. The minimum absolute atomic E-state index is 0.0629. The van der Waals surface area contributed by atoms with Crippen LogP contribution in [0.5, 0.6) is 0 Å². The normalized spacial score (nSPS) is 14.9. The number of nitro benzene ring substituents is 1. The van der Waals surface area contributed by atoms with Gasteiger partial charge in [-0.1, -0.05) is 0 Å². The molecule has 1 aromatic rings. The van der Waals surface area contributed by atoms with Crippen LogP contribution in [0, 0.1) is 27.4 Å². The van der Waals surface area contributed by atoms with Gasteiger partial charge < -0.3 is 0 Å². The summed E-state index contributed by atoms with van der Waals surface area (Å²) < 4.78 is 0. The van der Waals surface area contributed by atoms with Crippen LogP contribution in [0.4, 0.5) is 5.69 Å². The van der Waals surface area contributed by atoms with Crippen molar-refractivity contribution in [1.29, 1.82) is 5.26 Å². The Kier molecular flexibility index (Phi) is 4.65. The summed E-state index contributed by atoms with van der Waals surface area (Å²) >= 11 is 0. The molecule has 10 heteroatoms. The van der Waals surface area contributed by atoms with E-state index in [4.69, 9.17) is 5.26 Å². The van der Waals surface area contributed by atoms with E-state index in [0.29, 0.717) is 5.01 Å². The Hall–Kier alpha value is -3.61. The van der Waals surface area contributed by atoms with Gasteiger partial charge in [0.15, 0.2) is 11.7 Å². The molecule has 1 saturated heterocycles. The first-order valence-electron chi connectivity index (χ1n) is 6.69. The molecule has 0 bridgehead atoms. The average Bonchev–Trinajstić information content (AvgIpc) is 2.87. The molecule has 1 aliphatic heterocycles. The summed E-state index contributed by atoms with van der Waals surface area (Å²) in [5, 5.41) is 20.1. The maximum absolute atomic E-state index is 12.2. The van der Waals surface area contributed by atoms with E-state index in [1.54, 1.807) is 0 Å². The lowest BCUT2D eigenvalue weighted by Crippen LogP contribution is -2.48. The standard InChI is InChI=1S/C14H10N4O6/c15-7-10(14(22)16-17-11(19)5-6-12(17)20)13(21)8-1-3-9(4-2-8)18(23)24/h1-4,10H,5-6H2,(H,16,22)/t10-/m0/s1. The van der Waals surface area contributed by atoms with Crippen LogP contribution in [0.1, 0.15) is 23.2 Å². The number of amides is 3. The van der Waals surface area contributed by atoms with Gasteiger partial charge in [-0.3, -0.25) is 34.7 Å². The fraction of sp³-hybridized carbons (Fsp3) is 0.214. The minimum atomic E-state index is -1.80. The summed E-state index contributed by atoms with van der Waals surface area (Å²) in [4.78, 5) is 57.0. The van der Waals surface area contributed by atoms with Gasteiger partial charge in [0.1, 0.15) is 0 Å². The Morgan fingerprint density at radius 2 is 1.75 bits per heavy atom. The highest BCUT2D eigenvalue weighted by Gasteiger charge is 2.35. The summed E-state index contributed by atoms with van der Waals surface area (Å²) in [5.74, 6) is -5.08. The van der Waals surface area contributed by atoms with E-state index in [-0.39, 0.29) is 24.1 Å². The third kappa shape index (κ3) is 3.25. The molecule has 0 saturated carbocycles. The fourth-order valence-electron chi connectivity index (χ4n) is 2.03. The highest BCUT2D eigenvalue weighted by atomic mass is 16.6. The van der Waals surface area contributed by atoms with Crippen molar-refractivity contribution in [2.75, 3.05) is 0 Å². The van der Waals surface area contributed by atoms with Crippen molar-refractivity contribution in [2.45, 2.75) is 12.8 Å². The second kappa shape index (κ2) is 6.66. The number of hydrogen-bond acceptors (Lipinski definition) is 7. The van der Waals surface area contributed by atoms with Crippen molar-refractivity contribution in [3.05, 3.63) is 39.9 Å². The van der Waals surface area contributed by atoms with Crippen molar-refractivity contribution < 1.29 is 24.1 Å². The number of nitrogens with one attached hydrogen (secondary N) is 1. The summed E-state index contributed by atoms with van der Waals surface area (Å²) in [6.45, 7) is 0. The fourth-order valence-corrected chi connectivity index (χ4v) is 2.03. The number of benzene rings is 1. The topological polar surface area (TPSA) is 150 Å². The van der Waals surface area contributed by atoms with Gasteiger partial charge >= 0.3 is 0 Å². The Labute approximate surface area is 134 Å². The van der Waals surface area contributed by atoms with Crippen molar-refractivity contribution in [2.24, 2.45) is 5.92 Å². The van der Waals surface area contributed by atoms with E-state index in [0.717, 1.165) is 24.3 Å².